The lowest BCUT2D eigenvalue weighted by molar-refractivity contribution is -0.139. The third-order valence-electron chi connectivity index (χ3n) is 3.18. The maximum absolute atomic E-state index is 11.8. The molecule has 0 aromatic heterocycles. The topological polar surface area (TPSA) is 75.6 Å². The Bertz CT molecular complexity index is 675. The Labute approximate surface area is 138 Å². The van der Waals surface area contributed by atoms with Gasteiger partial charge < -0.3 is 15.2 Å². The number of alkyl carbamates (subject to hydrolysis) is 1. The van der Waals surface area contributed by atoms with E-state index >= 15 is 0 Å². The highest BCUT2D eigenvalue weighted by Crippen LogP contribution is 2.16. The van der Waals surface area contributed by atoms with Gasteiger partial charge in [-0.3, -0.25) is 0 Å². The summed E-state index contributed by atoms with van der Waals surface area (Å²) in [6.45, 7) is 0.0745. The second-order valence-corrected chi connectivity index (χ2v) is 5.30. The fourth-order valence-electron chi connectivity index (χ4n) is 1.99. The Kier molecular flexibility index (Phi) is 6.00. The highest BCUT2D eigenvalue weighted by molar-refractivity contribution is 6.31. The molecule has 23 heavy (non-hydrogen) atoms. The molecule has 5 nitrogen and oxygen atoms in total. The molecule has 0 aliphatic heterocycles. The summed E-state index contributed by atoms with van der Waals surface area (Å²) in [5, 5.41) is 12.0. The van der Waals surface area contributed by atoms with Gasteiger partial charge in [0.1, 0.15) is 12.6 Å². The van der Waals surface area contributed by atoms with Crippen LogP contribution in [0.2, 0.25) is 5.02 Å². The Morgan fingerprint density at radius 3 is 2.39 bits per heavy atom. The minimum atomic E-state index is -1.15. The van der Waals surface area contributed by atoms with E-state index in [9.17, 15) is 14.7 Å². The predicted molar refractivity (Wildman–Crippen MR) is 86.3 cm³/mol. The average Bonchev–Trinajstić information content (AvgIpc) is 2.55. The molecule has 0 saturated carbocycles. The first-order valence-electron chi connectivity index (χ1n) is 6.99. The zero-order valence-electron chi connectivity index (χ0n) is 12.2. The number of carboxylic acids is 1. The molecule has 120 valence electrons. The first-order valence-corrected chi connectivity index (χ1v) is 7.37. The van der Waals surface area contributed by atoms with E-state index in [0.29, 0.717) is 10.6 Å². The van der Waals surface area contributed by atoms with Crippen molar-refractivity contribution in [3.05, 3.63) is 70.7 Å². The van der Waals surface area contributed by atoms with E-state index in [-0.39, 0.29) is 13.0 Å². The summed E-state index contributed by atoms with van der Waals surface area (Å²) in [6, 6.07) is 14.9. The van der Waals surface area contributed by atoms with Crippen LogP contribution in [-0.4, -0.2) is 23.2 Å². The van der Waals surface area contributed by atoms with Gasteiger partial charge in [0.25, 0.3) is 0 Å². The molecule has 0 saturated heterocycles. The fourth-order valence-corrected chi connectivity index (χ4v) is 2.20. The first-order chi connectivity index (χ1) is 11.1. The molecule has 2 aromatic rings. The number of amides is 1. The van der Waals surface area contributed by atoms with E-state index in [2.05, 4.69) is 5.32 Å². The van der Waals surface area contributed by atoms with Crippen molar-refractivity contribution in [2.75, 3.05) is 0 Å². The van der Waals surface area contributed by atoms with Gasteiger partial charge in [0.15, 0.2) is 0 Å². The number of halogens is 1. The van der Waals surface area contributed by atoms with Crippen molar-refractivity contribution in [2.24, 2.45) is 0 Å². The van der Waals surface area contributed by atoms with Crippen molar-refractivity contribution in [3.8, 4) is 0 Å². The number of rotatable bonds is 6. The lowest BCUT2D eigenvalue weighted by Crippen LogP contribution is -2.42. The fraction of sp³-hybridized carbons (Fsp3) is 0.176. The molecular formula is C17H16ClNO4. The van der Waals surface area contributed by atoms with E-state index in [4.69, 9.17) is 16.3 Å². The molecule has 0 heterocycles. The van der Waals surface area contributed by atoms with Gasteiger partial charge in [-0.25, -0.2) is 9.59 Å². The van der Waals surface area contributed by atoms with Crippen LogP contribution in [-0.2, 0) is 22.6 Å². The molecule has 0 radical (unpaired) electrons. The van der Waals surface area contributed by atoms with Crippen LogP contribution >= 0.6 is 11.6 Å². The molecule has 2 aromatic carbocycles. The summed E-state index contributed by atoms with van der Waals surface area (Å²) in [5.41, 5.74) is 1.46. The molecule has 1 amide bonds. The van der Waals surface area contributed by atoms with E-state index in [1.54, 1.807) is 24.3 Å². The molecule has 1 atom stereocenters. The normalized spacial score (nSPS) is 11.5. The Morgan fingerprint density at radius 1 is 1.09 bits per heavy atom. The van der Waals surface area contributed by atoms with Crippen LogP contribution in [0, 0.1) is 0 Å². The molecule has 0 fully saturated rings. The van der Waals surface area contributed by atoms with Crippen LogP contribution in [0.15, 0.2) is 54.6 Å². The molecule has 0 aliphatic carbocycles. The number of hydrogen-bond acceptors (Lipinski definition) is 3. The number of carbonyl (C=O) groups excluding carboxylic acids is 1. The van der Waals surface area contributed by atoms with Crippen LogP contribution in [0.5, 0.6) is 0 Å². The van der Waals surface area contributed by atoms with Gasteiger partial charge in [-0.05, 0) is 17.2 Å². The lowest BCUT2D eigenvalue weighted by atomic mass is 10.1. The van der Waals surface area contributed by atoms with Gasteiger partial charge in [-0.15, -0.1) is 0 Å². The summed E-state index contributed by atoms with van der Waals surface area (Å²) >= 11 is 6.01. The molecule has 0 bridgehead atoms. The molecule has 0 unspecified atom stereocenters. The maximum Gasteiger partial charge on any atom is 0.408 e. The van der Waals surface area contributed by atoms with Crippen molar-refractivity contribution >= 4 is 23.7 Å². The monoisotopic (exact) mass is 333 g/mol. The van der Waals surface area contributed by atoms with E-state index < -0.39 is 18.1 Å². The molecule has 2 rings (SSSR count). The predicted octanol–water partition coefficient (Wildman–Crippen LogP) is 3.26. The van der Waals surface area contributed by atoms with E-state index in [0.717, 1.165) is 5.56 Å². The zero-order valence-corrected chi connectivity index (χ0v) is 13.0. The van der Waals surface area contributed by atoms with Gasteiger partial charge in [-0.1, -0.05) is 60.1 Å². The highest BCUT2D eigenvalue weighted by atomic mass is 35.5. The largest absolute Gasteiger partial charge is 0.480 e. The third-order valence-corrected chi connectivity index (χ3v) is 3.55. The standard InChI is InChI=1S/C17H16ClNO4/c18-14-9-5-4-8-13(14)10-15(16(20)21)19-17(22)23-11-12-6-2-1-3-7-12/h1-9,15H,10-11H2,(H,19,22)(H,20,21)/t15-/m1/s1. The smallest absolute Gasteiger partial charge is 0.408 e. The van der Waals surface area contributed by atoms with Crippen molar-refractivity contribution in [1.82, 2.24) is 5.32 Å². The minimum Gasteiger partial charge on any atom is -0.480 e. The van der Waals surface area contributed by atoms with Gasteiger partial charge >= 0.3 is 12.1 Å². The number of carboxylic acid groups (broad SMARTS) is 1. The average molecular weight is 334 g/mol. The number of carbonyl (C=O) groups is 2. The third kappa shape index (κ3) is 5.30. The Balaban J connectivity index is 1.92. The highest BCUT2D eigenvalue weighted by Gasteiger charge is 2.22. The van der Waals surface area contributed by atoms with E-state index in [1.807, 2.05) is 30.3 Å². The SMILES string of the molecule is O=C(N[C@H](Cc1ccccc1Cl)C(=O)O)OCc1ccccc1. The van der Waals surface area contributed by atoms with Crippen molar-refractivity contribution < 1.29 is 19.4 Å². The van der Waals surface area contributed by atoms with Gasteiger partial charge in [0.05, 0.1) is 0 Å². The number of ether oxygens (including phenoxy) is 1. The molecule has 0 aliphatic rings. The van der Waals surface area contributed by atoms with Crippen LogP contribution in [0.3, 0.4) is 0 Å². The summed E-state index contributed by atoms with van der Waals surface area (Å²) in [5.74, 6) is -1.15. The summed E-state index contributed by atoms with van der Waals surface area (Å²) in [6.07, 6.45) is -0.705. The molecule has 6 heteroatoms. The summed E-state index contributed by atoms with van der Waals surface area (Å²) < 4.78 is 5.03. The Morgan fingerprint density at radius 2 is 1.74 bits per heavy atom. The number of aliphatic carboxylic acids is 1. The maximum atomic E-state index is 11.8. The number of hydrogen-bond donors (Lipinski definition) is 2. The number of nitrogens with one attached hydrogen (secondary N) is 1. The molecule has 0 spiro atoms. The van der Waals surface area contributed by atoms with Gasteiger partial charge in [0.2, 0.25) is 0 Å². The van der Waals surface area contributed by atoms with Crippen LogP contribution < -0.4 is 5.32 Å². The van der Waals surface area contributed by atoms with Crippen LogP contribution in [0.1, 0.15) is 11.1 Å². The lowest BCUT2D eigenvalue weighted by Gasteiger charge is -2.15. The second kappa shape index (κ2) is 8.19. The molecular weight excluding hydrogens is 318 g/mol. The van der Waals surface area contributed by atoms with Gasteiger partial charge in [-0.2, -0.15) is 0 Å². The van der Waals surface area contributed by atoms with Crippen LogP contribution in [0.4, 0.5) is 4.79 Å². The van der Waals surface area contributed by atoms with Crippen molar-refractivity contribution in [3.63, 3.8) is 0 Å². The quantitative estimate of drug-likeness (QED) is 0.850. The zero-order chi connectivity index (χ0) is 16.7. The summed E-state index contributed by atoms with van der Waals surface area (Å²) in [4.78, 5) is 23.1. The van der Waals surface area contributed by atoms with Crippen molar-refractivity contribution in [2.45, 2.75) is 19.1 Å². The van der Waals surface area contributed by atoms with Crippen molar-refractivity contribution in [1.29, 1.82) is 0 Å². The number of benzene rings is 2. The second-order valence-electron chi connectivity index (χ2n) is 4.89. The molecule has 2 N–H and O–H groups in total. The van der Waals surface area contributed by atoms with Crippen LogP contribution in [0.25, 0.3) is 0 Å². The van der Waals surface area contributed by atoms with E-state index in [1.165, 1.54) is 0 Å². The van der Waals surface area contributed by atoms with Gasteiger partial charge in [0, 0.05) is 11.4 Å². The Hall–Kier alpha value is -2.53. The first kappa shape index (κ1) is 16.8. The summed E-state index contributed by atoms with van der Waals surface area (Å²) in [7, 11) is 0. The minimum absolute atomic E-state index is 0.0745.